The summed E-state index contributed by atoms with van der Waals surface area (Å²) in [4.78, 5) is 23.7. The smallest absolute Gasteiger partial charge is 0.305 e. The number of para-hydroxylation sites is 1. The minimum Gasteiger partial charge on any atom is -0.481 e. The van der Waals surface area contributed by atoms with E-state index in [9.17, 15) is 14.0 Å². The number of aromatic amines is 1. The maximum absolute atomic E-state index is 13.1. The lowest BCUT2D eigenvalue weighted by Gasteiger charge is -2.17. The highest BCUT2D eigenvalue weighted by molar-refractivity contribution is 6.05. The van der Waals surface area contributed by atoms with Gasteiger partial charge in [0.15, 0.2) is 0 Å². The zero-order chi connectivity index (χ0) is 17.1. The number of fused-ring (bicyclic) bond motifs is 1. The summed E-state index contributed by atoms with van der Waals surface area (Å²) in [5.41, 5.74) is 1.45. The first-order valence-corrected chi connectivity index (χ1v) is 7.25. The Hall–Kier alpha value is -3.22. The fraction of sp³-hybridized carbons (Fsp3) is 0.118. The number of nitrogens with zero attached hydrogens (tertiary/aromatic N) is 1. The van der Waals surface area contributed by atoms with E-state index in [0.29, 0.717) is 16.6 Å². The minimum atomic E-state index is -1.07. The second-order valence-corrected chi connectivity index (χ2v) is 5.32. The Bertz CT molecular complexity index is 889. The van der Waals surface area contributed by atoms with Crippen LogP contribution in [0.5, 0.6) is 0 Å². The van der Waals surface area contributed by atoms with Crippen LogP contribution >= 0.6 is 0 Å². The molecule has 6 nitrogen and oxygen atoms in total. The molecule has 0 saturated carbocycles. The molecule has 0 aliphatic carbocycles. The average Bonchev–Trinajstić information content (AvgIpc) is 3.03. The minimum absolute atomic E-state index is 0.309. The molecule has 3 aromatic rings. The van der Waals surface area contributed by atoms with E-state index in [1.54, 1.807) is 18.3 Å². The summed E-state index contributed by atoms with van der Waals surface area (Å²) in [7, 11) is 0. The van der Waals surface area contributed by atoms with E-state index in [-0.39, 0.29) is 6.42 Å². The van der Waals surface area contributed by atoms with E-state index in [4.69, 9.17) is 5.11 Å². The van der Waals surface area contributed by atoms with Crippen molar-refractivity contribution in [3.05, 3.63) is 65.6 Å². The fourth-order valence-corrected chi connectivity index (χ4v) is 2.52. The van der Waals surface area contributed by atoms with E-state index in [1.165, 1.54) is 24.3 Å². The Labute approximate surface area is 136 Å². The largest absolute Gasteiger partial charge is 0.481 e. The van der Waals surface area contributed by atoms with Gasteiger partial charge in [0, 0.05) is 5.39 Å². The Morgan fingerprint density at radius 3 is 2.67 bits per heavy atom. The van der Waals surface area contributed by atoms with Crippen molar-refractivity contribution in [1.29, 1.82) is 0 Å². The van der Waals surface area contributed by atoms with Crippen molar-refractivity contribution < 1.29 is 19.1 Å². The molecular formula is C17H14FN3O3. The van der Waals surface area contributed by atoms with Crippen molar-refractivity contribution in [1.82, 2.24) is 15.5 Å². The third-order valence-electron chi connectivity index (χ3n) is 3.68. The van der Waals surface area contributed by atoms with Crippen molar-refractivity contribution in [2.24, 2.45) is 0 Å². The highest BCUT2D eigenvalue weighted by atomic mass is 19.1. The summed E-state index contributed by atoms with van der Waals surface area (Å²) >= 11 is 0. The summed E-state index contributed by atoms with van der Waals surface area (Å²) in [5.74, 6) is -1.92. The summed E-state index contributed by atoms with van der Waals surface area (Å²) in [6.45, 7) is 0. The first-order valence-electron chi connectivity index (χ1n) is 7.25. The average molecular weight is 327 g/mol. The molecule has 1 atom stereocenters. The fourth-order valence-electron chi connectivity index (χ4n) is 2.52. The number of aliphatic carboxylic acids is 1. The lowest BCUT2D eigenvalue weighted by Crippen LogP contribution is -2.30. The number of nitrogens with one attached hydrogen (secondary N) is 2. The van der Waals surface area contributed by atoms with Crippen LogP contribution in [0.4, 0.5) is 4.39 Å². The van der Waals surface area contributed by atoms with Crippen LogP contribution in [0.15, 0.2) is 48.7 Å². The standard InChI is InChI=1S/C17H14FN3O3/c18-12-6-4-10(5-7-12)14(8-15(22)23)20-17(24)13-3-1-2-11-9-19-21-16(11)13/h1-7,9,14H,8H2,(H,19,21)(H,20,24)(H,22,23)/t14-/m0/s1. The topological polar surface area (TPSA) is 95.1 Å². The van der Waals surface area contributed by atoms with Gasteiger partial charge in [-0.1, -0.05) is 24.3 Å². The van der Waals surface area contributed by atoms with E-state index < -0.39 is 23.7 Å². The van der Waals surface area contributed by atoms with Crippen LogP contribution in [0.3, 0.4) is 0 Å². The Morgan fingerprint density at radius 1 is 1.21 bits per heavy atom. The number of carbonyl (C=O) groups is 2. The number of amides is 1. The third kappa shape index (κ3) is 3.24. The number of benzene rings is 2. The summed E-state index contributed by atoms with van der Waals surface area (Å²) < 4.78 is 13.1. The molecule has 7 heteroatoms. The zero-order valence-corrected chi connectivity index (χ0v) is 12.5. The quantitative estimate of drug-likeness (QED) is 0.671. The number of carboxylic acid groups (broad SMARTS) is 1. The second-order valence-electron chi connectivity index (χ2n) is 5.32. The van der Waals surface area contributed by atoms with Crippen LogP contribution in [0.25, 0.3) is 10.9 Å². The number of carbonyl (C=O) groups excluding carboxylic acids is 1. The van der Waals surface area contributed by atoms with Crippen molar-refractivity contribution in [2.45, 2.75) is 12.5 Å². The van der Waals surface area contributed by atoms with Gasteiger partial charge in [-0.2, -0.15) is 5.10 Å². The number of rotatable bonds is 5. The molecule has 3 N–H and O–H groups in total. The zero-order valence-electron chi connectivity index (χ0n) is 12.5. The predicted molar refractivity (Wildman–Crippen MR) is 85.0 cm³/mol. The third-order valence-corrected chi connectivity index (χ3v) is 3.68. The molecule has 0 spiro atoms. The molecule has 1 amide bonds. The maximum Gasteiger partial charge on any atom is 0.305 e. The molecule has 24 heavy (non-hydrogen) atoms. The van der Waals surface area contributed by atoms with Crippen LogP contribution < -0.4 is 5.32 Å². The van der Waals surface area contributed by atoms with Gasteiger partial charge >= 0.3 is 5.97 Å². The van der Waals surface area contributed by atoms with Gasteiger partial charge in [0.1, 0.15) is 5.82 Å². The number of halogens is 1. The molecule has 3 rings (SSSR count). The number of carboxylic acids is 1. The first kappa shape index (κ1) is 15.7. The van der Waals surface area contributed by atoms with Crippen LogP contribution in [-0.2, 0) is 4.79 Å². The monoisotopic (exact) mass is 327 g/mol. The van der Waals surface area contributed by atoms with Crippen molar-refractivity contribution >= 4 is 22.8 Å². The van der Waals surface area contributed by atoms with Gasteiger partial charge in [-0.25, -0.2) is 4.39 Å². The van der Waals surface area contributed by atoms with E-state index in [1.807, 2.05) is 6.07 Å². The van der Waals surface area contributed by atoms with Crippen LogP contribution in [0.1, 0.15) is 28.4 Å². The Kier molecular flexibility index (Phi) is 4.24. The Balaban J connectivity index is 1.89. The maximum atomic E-state index is 13.1. The van der Waals surface area contributed by atoms with Crippen LogP contribution in [0.2, 0.25) is 0 Å². The Morgan fingerprint density at radius 2 is 1.96 bits per heavy atom. The lowest BCUT2D eigenvalue weighted by atomic mass is 10.0. The number of hydrogen-bond donors (Lipinski definition) is 3. The van der Waals surface area contributed by atoms with Crippen LogP contribution in [0, 0.1) is 5.82 Å². The van der Waals surface area contributed by atoms with Crippen LogP contribution in [-0.4, -0.2) is 27.2 Å². The molecule has 0 saturated heterocycles. The number of H-pyrrole nitrogens is 1. The van der Waals surface area contributed by atoms with E-state index in [0.717, 1.165) is 5.39 Å². The van der Waals surface area contributed by atoms with Gasteiger partial charge in [-0.3, -0.25) is 14.7 Å². The number of hydrogen-bond acceptors (Lipinski definition) is 3. The van der Waals surface area contributed by atoms with E-state index in [2.05, 4.69) is 15.5 Å². The molecule has 0 radical (unpaired) electrons. The summed E-state index contributed by atoms with van der Waals surface area (Å²) in [6, 6.07) is 9.76. The molecule has 0 aliphatic rings. The normalized spacial score (nSPS) is 12.0. The lowest BCUT2D eigenvalue weighted by molar-refractivity contribution is -0.137. The molecule has 2 aromatic carbocycles. The molecule has 122 valence electrons. The SMILES string of the molecule is O=C(O)C[C@H](NC(=O)c1cccc2cn[nH]c12)c1ccc(F)cc1. The summed E-state index contributed by atoms with van der Waals surface area (Å²) in [5, 5.41) is 19.2. The van der Waals surface area contributed by atoms with Crippen molar-refractivity contribution in [3.8, 4) is 0 Å². The molecule has 1 heterocycles. The molecule has 1 aromatic heterocycles. The molecule has 0 bridgehead atoms. The number of aromatic nitrogens is 2. The summed E-state index contributed by atoms with van der Waals surface area (Å²) in [6.07, 6.45) is 1.29. The molecule has 0 aliphatic heterocycles. The van der Waals surface area contributed by atoms with E-state index >= 15 is 0 Å². The van der Waals surface area contributed by atoms with Gasteiger partial charge < -0.3 is 10.4 Å². The highest BCUT2D eigenvalue weighted by Crippen LogP contribution is 2.20. The molecular weight excluding hydrogens is 313 g/mol. The van der Waals surface area contributed by atoms with Gasteiger partial charge in [0.2, 0.25) is 0 Å². The van der Waals surface area contributed by atoms with Gasteiger partial charge in [0.05, 0.1) is 29.7 Å². The first-order chi connectivity index (χ1) is 11.5. The second kappa shape index (κ2) is 6.49. The van der Waals surface area contributed by atoms with Gasteiger partial charge in [-0.15, -0.1) is 0 Å². The van der Waals surface area contributed by atoms with Gasteiger partial charge in [-0.05, 0) is 23.8 Å². The molecule has 0 fully saturated rings. The van der Waals surface area contributed by atoms with Gasteiger partial charge in [0.25, 0.3) is 5.91 Å². The molecule has 0 unspecified atom stereocenters. The highest BCUT2D eigenvalue weighted by Gasteiger charge is 2.20. The predicted octanol–water partition coefficient (Wildman–Crippen LogP) is 2.65. The van der Waals surface area contributed by atoms with Crippen molar-refractivity contribution in [2.75, 3.05) is 0 Å². The van der Waals surface area contributed by atoms with Crippen molar-refractivity contribution in [3.63, 3.8) is 0 Å².